The number of aromatic nitrogens is 2. The summed E-state index contributed by atoms with van der Waals surface area (Å²) >= 11 is 0. The lowest BCUT2D eigenvalue weighted by atomic mass is 9.86. The van der Waals surface area contributed by atoms with Gasteiger partial charge in [-0.1, -0.05) is 0 Å². The van der Waals surface area contributed by atoms with Crippen LogP contribution in [0, 0.1) is 0 Å². The normalized spacial score (nSPS) is 18.8. The van der Waals surface area contributed by atoms with Gasteiger partial charge in [-0.15, -0.1) is 0 Å². The molecule has 1 aromatic rings. The highest BCUT2D eigenvalue weighted by atomic mass is 16.1. The zero-order valence-electron chi connectivity index (χ0n) is 8.36. The molecule has 1 aromatic heterocycles. The van der Waals surface area contributed by atoms with Gasteiger partial charge in [-0.2, -0.15) is 5.10 Å². The second-order valence-corrected chi connectivity index (χ2v) is 3.92. The van der Waals surface area contributed by atoms with Gasteiger partial charge in [0, 0.05) is 25.8 Å². The van der Waals surface area contributed by atoms with Crippen LogP contribution in [-0.2, 0) is 11.8 Å². The molecule has 0 bridgehead atoms. The van der Waals surface area contributed by atoms with Gasteiger partial charge in [0.1, 0.15) is 5.78 Å². The monoisotopic (exact) mass is 193 g/mol. The quantitative estimate of drug-likeness (QED) is 0.729. The smallest absolute Gasteiger partial charge is 0.132 e. The second kappa shape index (κ2) is 3.44. The van der Waals surface area contributed by atoms with E-state index in [1.807, 2.05) is 11.7 Å². The molecule has 1 fully saturated rings. The SMILES string of the molecule is Cn1ncc(N)c1C1CCC(=O)CC1. The largest absolute Gasteiger partial charge is 0.396 e. The molecule has 4 nitrogen and oxygen atoms in total. The number of nitrogen functional groups attached to an aromatic ring is 1. The van der Waals surface area contributed by atoms with Gasteiger partial charge in [0.15, 0.2) is 0 Å². The van der Waals surface area contributed by atoms with Crippen LogP contribution in [0.25, 0.3) is 0 Å². The summed E-state index contributed by atoms with van der Waals surface area (Å²) in [5.74, 6) is 0.794. The average Bonchev–Trinajstić information content (AvgIpc) is 2.49. The third-order valence-corrected chi connectivity index (χ3v) is 2.94. The number of hydrogen-bond acceptors (Lipinski definition) is 3. The summed E-state index contributed by atoms with van der Waals surface area (Å²) in [6.45, 7) is 0. The highest BCUT2D eigenvalue weighted by molar-refractivity contribution is 5.79. The van der Waals surface area contributed by atoms with E-state index >= 15 is 0 Å². The van der Waals surface area contributed by atoms with Gasteiger partial charge in [0.2, 0.25) is 0 Å². The number of nitrogens with two attached hydrogens (primary N) is 1. The average molecular weight is 193 g/mol. The van der Waals surface area contributed by atoms with Gasteiger partial charge in [-0.05, 0) is 12.8 Å². The van der Waals surface area contributed by atoms with E-state index in [4.69, 9.17) is 5.73 Å². The maximum atomic E-state index is 11.1. The minimum Gasteiger partial charge on any atom is -0.396 e. The van der Waals surface area contributed by atoms with Gasteiger partial charge in [0.25, 0.3) is 0 Å². The van der Waals surface area contributed by atoms with Crippen LogP contribution in [0.2, 0.25) is 0 Å². The molecule has 1 aliphatic rings. The van der Waals surface area contributed by atoms with E-state index in [0.717, 1.165) is 24.2 Å². The Morgan fingerprint density at radius 2 is 2.14 bits per heavy atom. The molecule has 0 radical (unpaired) electrons. The van der Waals surface area contributed by atoms with Crippen LogP contribution in [0.15, 0.2) is 6.20 Å². The van der Waals surface area contributed by atoms with Gasteiger partial charge in [-0.25, -0.2) is 0 Å². The molecule has 0 aromatic carbocycles. The van der Waals surface area contributed by atoms with Crippen molar-refractivity contribution >= 4 is 11.5 Å². The Morgan fingerprint density at radius 3 is 2.64 bits per heavy atom. The molecule has 0 amide bonds. The lowest BCUT2D eigenvalue weighted by Gasteiger charge is -2.21. The summed E-state index contributed by atoms with van der Waals surface area (Å²) in [5, 5.41) is 4.12. The fourth-order valence-electron chi connectivity index (χ4n) is 2.18. The number of ketones is 1. The summed E-state index contributed by atoms with van der Waals surface area (Å²) in [6.07, 6.45) is 4.90. The summed E-state index contributed by atoms with van der Waals surface area (Å²) in [5.41, 5.74) is 7.69. The predicted octanol–water partition coefficient (Wildman–Crippen LogP) is 1.23. The van der Waals surface area contributed by atoms with Gasteiger partial charge in [0.05, 0.1) is 17.6 Å². The molecule has 0 saturated heterocycles. The standard InChI is InChI=1S/C10H15N3O/c1-13-10(9(11)6-12-13)7-2-4-8(14)5-3-7/h6-7H,2-5,11H2,1H3. The van der Waals surface area contributed by atoms with Crippen molar-refractivity contribution in [2.24, 2.45) is 7.05 Å². The number of nitrogens with zero attached hydrogens (tertiary/aromatic N) is 2. The van der Waals surface area contributed by atoms with Crippen molar-refractivity contribution in [1.29, 1.82) is 0 Å². The Balaban J connectivity index is 2.19. The van der Waals surface area contributed by atoms with Crippen molar-refractivity contribution in [3.63, 3.8) is 0 Å². The van der Waals surface area contributed by atoms with E-state index in [-0.39, 0.29) is 0 Å². The van der Waals surface area contributed by atoms with E-state index in [2.05, 4.69) is 5.10 Å². The molecule has 4 heteroatoms. The van der Waals surface area contributed by atoms with Crippen LogP contribution in [0.4, 0.5) is 5.69 Å². The van der Waals surface area contributed by atoms with Gasteiger partial charge in [-0.3, -0.25) is 9.48 Å². The van der Waals surface area contributed by atoms with Crippen LogP contribution in [0.3, 0.4) is 0 Å². The molecule has 76 valence electrons. The van der Waals surface area contributed by atoms with E-state index < -0.39 is 0 Å². The highest BCUT2D eigenvalue weighted by Gasteiger charge is 2.24. The van der Waals surface area contributed by atoms with Crippen LogP contribution < -0.4 is 5.73 Å². The zero-order valence-corrected chi connectivity index (χ0v) is 8.36. The molecule has 0 atom stereocenters. The topological polar surface area (TPSA) is 60.9 Å². The number of carbonyl (C=O) groups excluding carboxylic acids is 1. The molecule has 1 saturated carbocycles. The first kappa shape index (κ1) is 9.24. The Kier molecular flexibility index (Phi) is 2.27. The molecule has 2 rings (SSSR count). The molecule has 0 unspecified atom stereocenters. The van der Waals surface area contributed by atoms with Crippen molar-refractivity contribution in [1.82, 2.24) is 9.78 Å². The molecule has 14 heavy (non-hydrogen) atoms. The van der Waals surface area contributed by atoms with Crippen LogP contribution in [-0.4, -0.2) is 15.6 Å². The number of carbonyl (C=O) groups is 1. The van der Waals surface area contributed by atoms with Crippen molar-refractivity contribution in [3.8, 4) is 0 Å². The zero-order chi connectivity index (χ0) is 10.1. The predicted molar refractivity (Wildman–Crippen MR) is 53.8 cm³/mol. The summed E-state index contributed by atoms with van der Waals surface area (Å²) in [4.78, 5) is 11.1. The minimum atomic E-state index is 0.377. The maximum absolute atomic E-state index is 11.1. The van der Waals surface area contributed by atoms with Crippen LogP contribution in [0.1, 0.15) is 37.3 Å². The molecule has 0 aliphatic heterocycles. The molecular formula is C10H15N3O. The Hall–Kier alpha value is -1.32. The van der Waals surface area contributed by atoms with E-state index in [0.29, 0.717) is 24.5 Å². The summed E-state index contributed by atoms with van der Waals surface area (Å²) in [7, 11) is 1.90. The third kappa shape index (κ3) is 1.52. The molecule has 1 aliphatic carbocycles. The third-order valence-electron chi connectivity index (χ3n) is 2.94. The minimum absolute atomic E-state index is 0.377. The lowest BCUT2D eigenvalue weighted by molar-refractivity contribution is -0.120. The number of Topliss-reactive ketones (excluding diaryl/α,β-unsaturated/α-hetero) is 1. The number of anilines is 1. The van der Waals surface area contributed by atoms with E-state index in [9.17, 15) is 4.79 Å². The van der Waals surface area contributed by atoms with Crippen molar-refractivity contribution in [2.75, 3.05) is 5.73 Å². The van der Waals surface area contributed by atoms with Crippen LogP contribution >= 0.6 is 0 Å². The fourth-order valence-corrected chi connectivity index (χ4v) is 2.18. The Bertz CT molecular complexity index is 327. The summed E-state index contributed by atoms with van der Waals surface area (Å²) in [6, 6.07) is 0. The second-order valence-electron chi connectivity index (χ2n) is 3.92. The van der Waals surface area contributed by atoms with Crippen molar-refractivity contribution in [3.05, 3.63) is 11.9 Å². The molecule has 1 heterocycles. The highest BCUT2D eigenvalue weighted by Crippen LogP contribution is 2.33. The first-order valence-electron chi connectivity index (χ1n) is 4.97. The van der Waals surface area contributed by atoms with E-state index in [1.165, 1.54) is 0 Å². The Morgan fingerprint density at radius 1 is 1.50 bits per heavy atom. The number of aryl methyl sites for hydroxylation is 1. The van der Waals surface area contributed by atoms with Crippen molar-refractivity contribution in [2.45, 2.75) is 31.6 Å². The lowest BCUT2D eigenvalue weighted by Crippen LogP contribution is -2.16. The van der Waals surface area contributed by atoms with Crippen molar-refractivity contribution < 1.29 is 4.79 Å². The summed E-state index contributed by atoms with van der Waals surface area (Å²) < 4.78 is 1.83. The van der Waals surface area contributed by atoms with Crippen LogP contribution in [0.5, 0.6) is 0 Å². The molecule has 0 spiro atoms. The first-order valence-corrected chi connectivity index (χ1v) is 4.97. The Labute approximate surface area is 83.1 Å². The van der Waals surface area contributed by atoms with Gasteiger partial charge >= 0.3 is 0 Å². The van der Waals surface area contributed by atoms with E-state index in [1.54, 1.807) is 6.20 Å². The maximum Gasteiger partial charge on any atom is 0.132 e. The van der Waals surface area contributed by atoms with Gasteiger partial charge < -0.3 is 5.73 Å². The number of rotatable bonds is 1. The number of hydrogen-bond donors (Lipinski definition) is 1. The first-order chi connectivity index (χ1) is 6.68. The fraction of sp³-hybridized carbons (Fsp3) is 0.600. The molecular weight excluding hydrogens is 178 g/mol. The molecule has 2 N–H and O–H groups in total.